The van der Waals surface area contributed by atoms with Gasteiger partial charge in [-0.3, -0.25) is 37.3 Å². The molecule has 0 amide bonds. The molecule has 0 bridgehead atoms. The summed E-state index contributed by atoms with van der Waals surface area (Å²) in [6.07, 6.45) is 71.2. The van der Waals surface area contributed by atoms with Crippen LogP contribution in [-0.4, -0.2) is 96.7 Å². The number of esters is 4. The van der Waals surface area contributed by atoms with Crippen LogP contribution in [-0.2, 0) is 65.4 Å². The van der Waals surface area contributed by atoms with Crippen LogP contribution in [0, 0.1) is 0 Å². The second kappa shape index (κ2) is 69.5. The third-order valence-electron chi connectivity index (χ3n) is 15.5. The number of hydrogen-bond donors (Lipinski definition) is 3. The molecule has 0 spiro atoms. The minimum Gasteiger partial charge on any atom is -0.462 e. The standard InChI is InChI=1S/C77H134O17P2/c1-5-9-13-17-21-25-29-32-33-34-35-36-37-40-43-46-50-54-58-62-75(80)88-68-73(94-77(82)64-60-56-52-48-44-39-31-27-23-19-15-11-7-3)70-92-96(85,86)90-66-71(78)65-89-95(83,84)91-69-72(93-76(81)63-59-55-51-47-41-28-24-20-16-12-8-4)67-87-74(79)61-57-53-49-45-42-38-30-26-22-18-14-10-6-2/h9,13,15,19-21,24-27,30-33,35-36,71-73,78H,5-8,10-12,14,16-18,22-23,28-29,34,37-70H2,1-4H3,(H,83,84)(H,85,86)/b13-9-,19-15-,24-20-,25-21-,30-26-,31-27-,33-32-,36-35-. The minimum atomic E-state index is -4.98. The molecule has 0 aliphatic heterocycles. The monoisotopic (exact) mass is 1390 g/mol. The van der Waals surface area contributed by atoms with Gasteiger partial charge in [0.15, 0.2) is 12.2 Å². The number of ether oxygens (including phenoxy) is 4. The van der Waals surface area contributed by atoms with Crippen molar-refractivity contribution in [2.45, 2.75) is 329 Å². The van der Waals surface area contributed by atoms with E-state index in [1.54, 1.807) is 0 Å². The van der Waals surface area contributed by atoms with Gasteiger partial charge in [-0.25, -0.2) is 9.13 Å². The second-order valence-electron chi connectivity index (χ2n) is 24.8. The van der Waals surface area contributed by atoms with Gasteiger partial charge in [0.25, 0.3) is 0 Å². The maximum Gasteiger partial charge on any atom is 0.472 e. The van der Waals surface area contributed by atoms with Crippen molar-refractivity contribution < 1.29 is 80.2 Å². The summed E-state index contributed by atoms with van der Waals surface area (Å²) in [5.74, 6) is -2.22. The average molecular weight is 1390 g/mol. The maximum atomic E-state index is 13.1. The van der Waals surface area contributed by atoms with Crippen molar-refractivity contribution in [1.29, 1.82) is 0 Å². The van der Waals surface area contributed by atoms with Crippen LogP contribution in [0.15, 0.2) is 97.2 Å². The van der Waals surface area contributed by atoms with Gasteiger partial charge in [-0.1, -0.05) is 247 Å². The third kappa shape index (κ3) is 68.5. The third-order valence-corrected chi connectivity index (χ3v) is 17.4. The van der Waals surface area contributed by atoms with E-state index in [0.717, 1.165) is 193 Å². The molecule has 96 heavy (non-hydrogen) atoms. The summed E-state index contributed by atoms with van der Waals surface area (Å²) in [5, 5.41) is 10.6. The highest BCUT2D eigenvalue weighted by Gasteiger charge is 2.30. The lowest BCUT2D eigenvalue weighted by Gasteiger charge is -2.21. The fourth-order valence-corrected chi connectivity index (χ4v) is 11.3. The highest BCUT2D eigenvalue weighted by Crippen LogP contribution is 2.45. The molecule has 0 radical (unpaired) electrons. The van der Waals surface area contributed by atoms with E-state index in [1.165, 1.54) is 38.5 Å². The molecule has 0 aliphatic rings. The summed E-state index contributed by atoms with van der Waals surface area (Å²) < 4.78 is 68.3. The van der Waals surface area contributed by atoms with E-state index in [9.17, 15) is 43.2 Å². The molecule has 0 saturated carbocycles. The van der Waals surface area contributed by atoms with Crippen LogP contribution in [0.2, 0.25) is 0 Å². The molecule has 17 nitrogen and oxygen atoms in total. The highest BCUT2D eigenvalue weighted by atomic mass is 31.2. The summed E-state index contributed by atoms with van der Waals surface area (Å²) in [4.78, 5) is 72.7. The van der Waals surface area contributed by atoms with E-state index in [2.05, 4.69) is 125 Å². The molecular formula is C77H134O17P2. The van der Waals surface area contributed by atoms with Gasteiger partial charge in [0, 0.05) is 25.7 Å². The molecule has 19 heteroatoms. The van der Waals surface area contributed by atoms with Gasteiger partial charge in [-0.2, -0.15) is 0 Å². The molecule has 554 valence electrons. The van der Waals surface area contributed by atoms with Crippen LogP contribution < -0.4 is 0 Å². The molecule has 0 rings (SSSR count). The van der Waals surface area contributed by atoms with Crippen LogP contribution in [0.25, 0.3) is 0 Å². The molecule has 0 aromatic carbocycles. The van der Waals surface area contributed by atoms with Crippen molar-refractivity contribution in [3.8, 4) is 0 Å². The number of allylic oxidation sites excluding steroid dienone is 16. The molecule has 0 aliphatic carbocycles. The van der Waals surface area contributed by atoms with Crippen molar-refractivity contribution in [2.24, 2.45) is 0 Å². The van der Waals surface area contributed by atoms with Crippen molar-refractivity contribution >= 4 is 39.5 Å². The Kier molecular flexibility index (Phi) is 66.6. The van der Waals surface area contributed by atoms with Crippen molar-refractivity contribution in [3.63, 3.8) is 0 Å². The van der Waals surface area contributed by atoms with Gasteiger partial charge in [-0.15, -0.1) is 0 Å². The number of hydrogen-bond acceptors (Lipinski definition) is 15. The Morgan fingerprint density at radius 3 is 0.917 bits per heavy atom. The van der Waals surface area contributed by atoms with E-state index < -0.39 is 97.5 Å². The number of rotatable bonds is 70. The number of phosphoric acid groups is 2. The van der Waals surface area contributed by atoms with Gasteiger partial charge in [0.2, 0.25) is 0 Å². The Morgan fingerprint density at radius 1 is 0.302 bits per heavy atom. The molecule has 0 aromatic rings. The molecule has 0 saturated heterocycles. The van der Waals surface area contributed by atoms with Gasteiger partial charge in [0.05, 0.1) is 26.4 Å². The van der Waals surface area contributed by atoms with E-state index in [1.807, 2.05) is 0 Å². The normalized spacial score (nSPS) is 14.5. The molecular weight excluding hydrogens is 1260 g/mol. The fraction of sp³-hybridized carbons (Fsp3) is 0.740. The lowest BCUT2D eigenvalue weighted by atomic mass is 10.1. The zero-order valence-corrected chi connectivity index (χ0v) is 62.1. The predicted molar refractivity (Wildman–Crippen MR) is 390 cm³/mol. The number of carbonyl (C=O) groups is 4. The Hall–Kier alpha value is -4.02. The summed E-state index contributed by atoms with van der Waals surface area (Å²) >= 11 is 0. The van der Waals surface area contributed by atoms with Gasteiger partial charge in [-0.05, 0) is 135 Å². The molecule has 0 fully saturated rings. The summed E-state index contributed by atoms with van der Waals surface area (Å²) in [5.41, 5.74) is 0. The number of unbranched alkanes of at least 4 members (excludes halogenated alkanes) is 28. The minimum absolute atomic E-state index is 0.0747. The van der Waals surface area contributed by atoms with Crippen LogP contribution in [0.4, 0.5) is 0 Å². The fourth-order valence-electron chi connectivity index (χ4n) is 9.75. The SMILES string of the molecule is CC/C=C\C/C=C\C/C=C\C/C=C\CCCCCCCCC(=O)OCC(COP(=O)(O)OCC(O)COP(=O)(O)OCC(COC(=O)CCCCCCC/C=C\CCCCCC)OC(=O)CCCCCCC/C=C\CCCC)OC(=O)CCCCCCC/C=C\C/C=C\CCC. The number of carbonyl (C=O) groups excluding carboxylic acids is 4. The van der Waals surface area contributed by atoms with Gasteiger partial charge < -0.3 is 33.8 Å². The van der Waals surface area contributed by atoms with Crippen molar-refractivity contribution in [3.05, 3.63) is 97.2 Å². The first-order valence-corrected chi connectivity index (χ1v) is 40.5. The smallest absolute Gasteiger partial charge is 0.462 e. The molecule has 0 aromatic heterocycles. The first-order chi connectivity index (χ1) is 46.7. The van der Waals surface area contributed by atoms with Crippen molar-refractivity contribution in [2.75, 3.05) is 39.6 Å². The van der Waals surface area contributed by atoms with Crippen LogP contribution in [0.3, 0.4) is 0 Å². The Labute approximate surface area is 582 Å². The van der Waals surface area contributed by atoms with Crippen molar-refractivity contribution in [1.82, 2.24) is 0 Å². The molecule has 5 atom stereocenters. The largest absolute Gasteiger partial charge is 0.472 e. The molecule has 0 heterocycles. The summed E-state index contributed by atoms with van der Waals surface area (Å²) in [6, 6.07) is 0. The Balaban J connectivity index is 5.32. The van der Waals surface area contributed by atoms with E-state index >= 15 is 0 Å². The van der Waals surface area contributed by atoms with Crippen LogP contribution >= 0.6 is 15.6 Å². The Bertz CT molecular complexity index is 2200. The van der Waals surface area contributed by atoms with Crippen LogP contribution in [0.5, 0.6) is 0 Å². The number of aliphatic hydroxyl groups excluding tert-OH is 1. The van der Waals surface area contributed by atoms with Crippen LogP contribution in [0.1, 0.15) is 310 Å². The van der Waals surface area contributed by atoms with E-state index in [4.69, 9.17) is 37.0 Å². The number of phosphoric ester groups is 2. The molecule has 5 unspecified atom stereocenters. The lowest BCUT2D eigenvalue weighted by Crippen LogP contribution is -2.30. The highest BCUT2D eigenvalue weighted by molar-refractivity contribution is 7.47. The quantitative estimate of drug-likeness (QED) is 0.0169. The zero-order valence-electron chi connectivity index (χ0n) is 60.3. The van der Waals surface area contributed by atoms with E-state index in [0.29, 0.717) is 25.7 Å². The molecule has 3 N–H and O–H groups in total. The number of aliphatic hydroxyl groups is 1. The summed E-state index contributed by atoms with van der Waals surface area (Å²) in [6.45, 7) is 4.60. The predicted octanol–water partition coefficient (Wildman–Crippen LogP) is 21.2. The summed E-state index contributed by atoms with van der Waals surface area (Å²) in [7, 11) is -9.95. The van der Waals surface area contributed by atoms with E-state index in [-0.39, 0.29) is 25.7 Å². The first-order valence-electron chi connectivity index (χ1n) is 37.5. The van der Waals surface area contributed by atoms with Gasteiger partial charge >= 0.3 is 39.5 Å². The topological polar surface area (TPSA) is 237 Å². The average Bonchev–Trinajstić information content (AvgIpc) is 1.17. The first kappa shape index (κ1) is 92.0. The van der Waals surface area contributed by atoms with Gasteiger partial charge in [0.1, 0.15) is 19.3 Å². The second-order valence-corrected chi connectivity index (χ2v) is 27.8. The zero-order chi connectivity index (χ0) is 70.4. The lowest BCUT2D eigenvalue weighted by molar-refractivity contribution is -0.161. The Morgan fingerprint density at radius 2 is 0.573 bits per heavy atom. The maximum absolute atomic E-state index is 13.1.